The maximum absolute atomic E-state index is 10.3. The summed E-state index contributed by atoms with van der Waals surface area (Å²) in [6, 6.07) is 29.5. The van der Waals surface area contributed by atoms with Crippen molar-refractivity contribution < 1.29 is 9.47 Å². The second-order valence-corrected chi connectivity index (χ2v) is 8.33. The van der Waals surface area contributed by atoms with Crippen LogP contribution in [-0.2, 0) is 13.1 Å². The standard InChI is InChI=1S/C27H28N2O2/c1-20(2)27(24(16-28)23-13-14-25-26(15-23)31-19-30-25)29(17-21-9-5-3-6-10-21)18-22-11-7-4-8-12-22/h3-15,20,24,27H,17-19H2,1-2H3. The van der Waals surface area contributed by atoms with Crippen molar-refractivity contribution in [1.29, 1.82) is 5.26 Å². The van der Waals surface area contributed by atoms with Gasteiger partial charge in [0.1, 0.15) is 0 Å². The van der Waals surface area contributed by atoms with E-state index in [2.05, 4.69) is 73.3 Å². The lowest BCUT2D eigenvalue weighted by molar-refractivity contribution is 0.126. The lowest BCUT2D eigenvalue weighted by Gasteiger charge is -2.37. The number of hydrogen-bond acceptors (Lipinski definition) is 4. The number of ether oxygens (including phenoxy) is 2. The van der Waals surface area contributed by atoms with E-state index in [1.165, 1.54) is 11.1 Å². The molecule has 0 fully saturated rings. The number of nitriles is 1. The molecule has 0 saturated carbocycles. The molecule has 0 N–H and O–H groups in total. The fraction of sp³-hybridized carbons (Fsp3) is 0.296. The van der Waals surface area contributed by atoms with Crippen LogP contribution in [0.2, 0.25) is 0 Å². The normalized spacial score (nSPS) is 14.4. The third kappa shape index (κ3) is 4.90. The second-order valence-electron chi connectivity index (χ2n) is 8.33. The maximum atomic E-state index is 10.3. The highest BCUT2D eigenvalue weighted by Crippen LogP contribution is 2.38. The van der Waals surface area contributed by atoms with E-state index in [-0.39, 0.29) is 24.7 Å². The van der Waals surface area contributed by atoms with Crippen molar-refractivity contribution in [2.24, 2.45) is 5.92 Å². The zero-order chi connectivity index (χ0) is 21.6. The summed E-state index contributed by atoms with van der Waals surface area (Å²) < 4.78 is 11.0. The van der Waals surface area contributed by atoms with E-state index in [0.29, 0.717) is 0 Å². The van der Waals surface area contributed by atoms with E-state index in [9.17, 15) is 5.26 Å². The molecular weight excluding hydrogens is 384 g/mol. The van der Waals surface area contributed by atoms with E-state index in [1.54, 1.807) is 0 Å². The Balaban J connectivity index is 1.70. The van der Waals surface area contributed by atoms with E-state index < -0.39 is 0 Å². The van der Waals surface area contributed by atoms with Gasteiger partial charge in [-0.05, 0) is 34.7 Å². The summed E-state index contributed by atoms with van der Waals surface area (Å²) >= 11 is 0. The minimum atomic E-state index is -0.290. The van der Waals surface area contributed by atoms with Gasteiger partial charge in [0.25, 0.3) is 0 Å². The Labute approximate surface area is 184 Å². The number of benzene rings is 3. The van der Waals surface area contributed by atoms with Gasteiger partial charge < -0.3 is 9.47 Å². The highest BCUT2D eigenvalue weighted by molar-refractivity contribution is 5.47. The Morgan fingerprint density at radius 2 is 1.42 bits per heavy atom. The van der Waals surface area contributed by atoms with Gasteiger partial charge in [0, 0.05) is 19.1 Å². The molecule has 1 aliphatic rings. The van der Waals surface area contributed by atoms with Crippen LogP contribution in [0.4, 0.5) is 0 Å². The van der Waals surface area contributed by atoms with Crippen LogP contribution in [0.1, 0.15) is 36.5 Å². The van der Waals surface area contributed by atoms with E-state index in [4.69, 9.17) is 9.47 Å². The molecule has 4 rings (SSSR count). The summed E-state index contributed by atoms with van der Waals surface area (Å²) in [7, 11) is 0. The average molecular weight is 413 g/mol. The van der Waals surface area contributed by atoms with Gasteiger partial charge >= 0.3 is 0 Å². The summed E-state index contributed by atoms with van der Waals surface area (Å²) in [6.45, 7) is 6.19. The molecule has 0 bridgehead atoms. The van der Waals surface area contributed by atoms with Crippen LogP contribution in [0.5, 0.6) is 11.5 Å². The molecule has 3 aromatic rings. The van der Waals surface area contributed by atoms with Gasteiger partial charge in [-0.3, -0.25) is 4.90 Å². The highest BCUT2D eigenvalue weighted by atomic mass is 16.7. The van der Waals surface area contributed by atoms with E-state index >= 15 is 0 Å². The van der Waals surface area contributed by atoms with Crippen LogP contribution >= 0.6 is 0 Å². The van der Waals surface area contributed by atoms with Gasteiger partial charge in [-0.15, -0.1) is 0 Å². The zero-order valence-corrected chi connectivity index (χ0v) is 18.1. The molecule has 3 aromatic carbocycles. The first kappa shape index (κ1) is 21.0. The molecule has 1 heterocycles. The molecule has 2 unspecified atom stereocenters. The number of hydrogen-bond donors (Lipinski definition) is 0. The minimum Gasteiger partial charge on any atom is -0.454 e. The van der Waals surface area contributed by atoms with Crippen molar-refractivity contribution in [3.05, 3.63) is 95.6 Å². The monoisotopic (exact) mass is 412 g/mol. The first-order chi connectivity index (χ1) is 15.2. The minimum absolute atomic E-state index is 0.0331. The van der Waals surface area contributed by atoms with Crippen LogP contribution < -0.4 is 9.47 Å². The average Bonchev–Trinajstić information content (AvgIpc) is 3.26. The van der Waals surface area contributed by atoms with Crippen LogP contribution in [0.15, 0.2) is 78.9 Å². The van der Waals surface area contributed by atoms with Crippen LogP contribution in [0.3, 0.4) is 0 Å². The van der Waals surface area contributed by atoms with Gasteiger partial charge in [0.05, 0.1) is 12.0 Å². The van der Waals surface area contributed by atoms with E-state index in [0.717, 1.165) is 30.2 Å². The first-order valence-corrected chi connectivity index (χ1v) is 10.8. The summed E-state index contributed by atoms with van der Waals surface area (Å²) in [5.74, 6) is 1.45. The quantitative estimate of drug-likeness (QED) is 0.473. The molecule has 158 valence electrons. The lowest BCUT2D eigenvalue weighted by atomic mass is 9.84. The van der Waals surface area contributed by atoms with Crippen molar-refractivity contribution in [2.75, 3.05) is 6.79 Å². The molecule has 0 saturated heterocycles. The van der Waals surface area contributed by atoms with Gasteiger partial charge in [-0.25, -0.2) is 0 Å². The van der Waals surface area contributed by atoms with Crippen LogP contribution in [0, 0.1) is 17.2 Å². The molecule has 0 radical (unpaired) electrons. The molecular formula is C27H28N2O2. The summed E-state index contributed by atoms with van der Waals surface area (Å²) in [6.07, 6.45) is 0. The zero-order valence-electron chi connectivity index (χ0n) is 18.1. The second kappa shape index (κ2) is 9.68. The molecule has 2 atom stereocenters. The number of rotatable bonds is 8. The topological polar surface area (TPSA) is 45.5 Å². The predicted octanol–water partition coefficient (Wildman–Crippen LogP) is 5.75. The summed E-state index contributed by atoms with van der Waals surface area (Å²) in [4.78, 5) is 2.44. The Morgan fingerprint density at radius 3 is 1.97 bits per heavy atom. The SMILES string of the molecule is CC(C)C(C(C#N)c1ccc2c(c1)OCO2)N(Cc1ccccc1)Cc1ccccc1. The maximum Gasteiger partial charge on any atom is 0.231 e. The third-order valence-corrected chi connectivity index (χ3v) is 5.80. The van der Waals surface area contributed by atoms with E-state index in [1.807, 2.05) is 30.3 Å². The molecule has 0 spiro atoms. The van der Waals surface area contributed by atoms with Gasteiger partial charge in [0.15, 0.2) is 11.5 Å². The van der Waals surface area contributed by atoms with Crippen molar-refractivity contribution in [2.45, 2.75) is 38.9 Å². The predicted molar refractivity (Wildman–Crippen MR) is 122 cm³/mol. The van der Waals surface area contributed by atoms with Crippen molar-refractivity contribution in [3.8, 4) is 17.6 Å². The van der Waals surface area contributed by atoms with Crippen LogP contribution in [-0.4, -0.2) is 17.7 Å². The Morgan fingerprint density at radius 1 is 0.839 bits per heavy atom. The largest absolute Gasteiger partial charge is 0.454 e. The third-order valence-electron chi connectivity index (χ3n) is 5.80. The van der Waals surface area contributed by atoms with Gasteiger partial charge in [-0.2, -0.15) is 5.26 Å². The van der Waals surface area contributed by atoms with Crippen LogP contribution in [0.25, 0.3) is 0 Å². The number of nitrogens with zero attached hydrogens (tertiary/aromatic N) is 2. The molecule has 0 amide bonds. The molecule has 0 aliphatic carbocycles. The van der Waals surface area contributed by atoms with Gasteiger partial charge in [0.2, 0.25) is 6.79 Å². The molecule has 4 heteroatoms. The molecule has 1 aliphatic heterocycles. The molecule has 4 nitrogen and oxygen atoms in total. The summed E-state index contributed by atoms with van der Waals surface area (Å²) in [5, 5.41) is 10.3. The highest BCUT2D eigenvalue weighted by Gasteiger charge is 2.32. The fourth-order valence-corrected chi connectivity index (χ4v) is 4.37. The smallest absolute Gasteiger partial charge is 0.231 e. The Bertz CT molecular complexity index is 987. The first-order valence-electron chi connectivity index (χ1n) is 10.8. The fourth-order valence-electron chi connectivity index (χ4n) is 4.37. The molecule has 0 aromatic heterocycles. The Kier molecular flexibility index (Phi) is 6.54. The van der Waals surface area contributed by atoms with Crippen molar-refractivity contribution in [1.82, 2.24) is 4.90 Å². The number of fused-ring (bicyclic) bond motifs is 1. The summed E-state index contributed by atoms with van der Waals surface area (Å²) in [5.41, 5.74) is 3.45. The van der Waals surface area contributed by atoms with Gasteiger partial charge in [-0.1, -0.05) is 80.6 Å². The van der Waals surface area contributed by atoms with Crippen molar-refractivity contribution >= 4 is 0 Å². The lowest BCUT2D eigenvalue weighted by Crippen LogP contribution is -2.42. The Hall–Kier alpha value is -3.29. The molecule has 31 heavy (non-hydrogen) atoms. The van der Waals surface area contributed by atoms with Crippen molar-refractivity contribution in [3.63, 3.8) is 0 Å².